The molecule has 0 bridgehead atoms. The van der Waals surface area contributed by atoms with Crippen LogP contribution in [-0.4, -0.2) is 22.7 Å². The molecule has 1 aliphatic rings. The van der Waals surface area contributed by atoms with Gasteiger partial charge in [-0.25, -0.2) is 4.98 Å². The van der Waals surface area contributed by atoms with Gasteiger partial charge < -0.3 is 10.4 Å². The number of hydrogen-bond acceptors (Lipinski definition) is 4. The second kappa shape index (κ2) is 3.87. The Labute approximate surface area is 88.2 Å². The molecule has 78 valence electrons. The third-order valence-corrected chi connectivity index (χ3v) is 3.81. The van der Waals surface area contributed by atoms with Crippen molar-refractivity contribution in [2.75, 3.05) is 11.9 Å². The Bertz CT molecular complexity index is 298. The zero-order chi connectivity index (χ0) is 10.1. The highest BCUT2D eigenvalue weighted by molar-refractivity contribution is 7.15. The van der Waals surface area contributed by atoms with Crippen molar-refractivity contribution in [1.82, 2.24) is 4.98 Å². The standard InChI is InChI=1S/C10H16N2OS/c1-6-7(2)14-10(12-6)11-5-8-3-9(13)4-8/h8-9,13H,3-5H2,1-2H3,(H,11,12). The Morgan fingerprint density at radius 3 is 2.71 bits per heavy atom. The van der Waals surface area contributed by atoms with Crippen molar-refractivity contribution in [3.63, 3.8) is 0 Å². The van der Waals surface area contributed by atoms with Crippen LogP contribution >= 0.6 is 11.3 Å². The zero-order valence-electron chi connectivity index (χ0n) is 8.58. The highest BCUT2D eigenvalue weighted by atomic mass is 32.1. The number of anilines is 1. The summed E-state index contributed by atoms with van der Waals surface area (Å²) in [6.07, 6.45) is 1.83. The minimum Gasteiger partial charge on any atom is -0.393 e. The van der Waals surface area contributed by atoms with Crippen molar-refractivity contribution in [2.24, 2.45) is 5.92 Å². The maximum absolute atomic E-state index is 9.12. The van der Waals surface area contributed by atoms with Crippen molar-refractivity contribution in [1.29, 1.82) is 0 Å². The summed E-state index contributed by atoms with van der Waals surface area (Å²) in [5.41, 5.74) is 1.12. The number of nitrogens with one attached hydrogen (secondary N) is 1. The van der Waals surface area contributed by atoms with E-state index >= 15 is 0 Å². The average Bonchev–Trinajstić information content (AvgIpc) is 2.39. The molecule has 0 atom stereocenters. The quantitative estimate of drug-likeness (QED) is 0.805. The van der Waals surface area contributed by atoms with Crippen LogP contribution in [0.5, 0.6) is 0 Å². The molecule has 1 aromatic rings. The molecule has 4 heteroatoms. The average molecular weight is 212 g/mol. The van der Waals surface area contributed by atoms with Gasteiger partial charge in [-0.15, -0.1) is 11.3 Å². The van der Waals surface area contributed by atoms with Crippen LogP contribution in [0.25, 0.3) is 0 Å². The molecule has 1 fully saturated rings. The van der Waals surface area contributed by atoms with Crippen molar-refractivity contribution in [3.8, 4) is 0 Å². The summed E-state index contributed by atoms with van der Waals surface area (Å²) >= 11 is 1.71. The summed E-state index contributed by atoms with van der Waals surface area (Å²) in [4.78, 5) is 5.68. The van der Waals surface area contributed by atoms with Gasteiger partial charge >= 0.3 is 0 Å². The number of thiazole rings is 1. The Balaban J connectivity index is 1.80. The van der Waals surface area contributed by atoms with Crippen molar-refractivity contribution in [2.45, 2.75) is 32.8 Å². The van der Waals surface area contributed by atoms with E-state index in [1.807, 2.05) is 6.92 Å². The summed E-state index contributed by atoms with van der Waals surface area (Å²) in [6.45, 7) is 5.07. The van der Waals surface area contributed by atoms with Gasteiger partial charge in [-0.2, -0.15) is 0 Å². The van der Waals surface area contributed by atoms with E-state index in [0.717, 1.165) is 30.2 Å². The molecule has 0 spiro atoms. The second-order valence-electron chi connectivity index (χ2n) is 4.03. The Hall–Kier alpha value is -0.610. The number of rotatable bonds is 3. The molecule has 1 aromatic heterocycles. The predicted octanol–water partition coefficient (Wildman–Crippen LogP) is 1.94. The summed E-state index contributed by atoms with van der Waals surface area (Å²) in [7, 11) is 0. The lowest BCUT2D eigenvalue weighted by molar-refractivity contribution is 0.0487. The summed E-state index contributed by atoms with van der Waals surface area (Å²) in [5.74, 6) is 0.634. The first-order chi connectivity index (χ1) is 6.65. The molecule has 14 heavy (non-hydrogen) atoms. The fourth-order valence-electron chi connectivity index (χ4n) is 1.65. The monoisotopic (exact) mass is 212 g/mol. The van der Waals surface area contributed by atoms with Gasteiger partial charge in [0, 0.05) is 11.4 Å². The number of nitrogens with zero attached hydrogens (tertiary/aromatic N) is 1. The molecule has 2 rings (SSSR count). The smallest absolute Gasteiger partial charge is 0.183 e. The van der Waals surface area contributed by atoms with Crippen LogP contribution in [0.4, 0.5) is 5.13 Å². The first-order valence-electron chi connectivity index (χ1n) is 5.01. The van der Waals surface area contributed by atoms with E-state index in [1.54, 1.807) is 11.3 Å². The van der Waals surface area contributed by atoms with E-state index in [9.17, 15) is 0 Å². The number of hydrogen-bond donors (Lipinski definition) is 2. The van der Waals surface area contributed by atoms with E-state index < -0.39 is 0 Å². The fraction of sp³-hybridized carbons (Fsp3) is 0.700. The number of aliphatic hydroxyl groups is 1. The SMILES string of the molecule is Cc1nc(NCC2CC(O)C2)sc1C. The second-order valence-corrected chi connectivity index (χ2v) is 5.24. The number of aryl methyl sites for hydroxylation is 2. The van der Waals surface area contributed by atoms with Crippen LogP contribution in [0.3, 0.4) is 0 Å². The van der Waals surface area contributed by atoms with Gasteiger partial charge in [-0.3, -0.25) is 0 Å². The third kappa shape index (κ3) is 2.07. The molecule has 1 saturated carbocycles. The summed E-state index contributed by atoms with van der Waals surface area (Å²) < 4.78 is 0. The normalized spacial score (nSPS) is 25.9. The first kappa shape index (κ1) is 9.93. The molecule has 0 aliphatic heterocycles. The van der Waals surface area contributed by atoms with E-state index in [1.165, 1.54) is 4.88 Å². The maximum atomic E-state index is 9.12. The molecular formula is C10H16N2OS. The van der Waals surface area contributed by atoms with E-state index in [-0.39, 0.29) is 6.10 Å². The minimum absolute atomic E-state index is 0.0541. The lowest BCUT2D eigenvalue weighted by atomic mass is 9.82. The van der Waals surface area contributed by atoms with Crippen LogP contribution in [0, 0.1) is 19.8 Å². The van der Waals surface area contributed by atoms with Gasteiger partial charge in [0.15, 0.2) is 5.13 Å². The third-order valence-electron chi connectivity index (χ3n) is 2.78. The molecular weight excluding hydrogens is 196 g/mol. The van der Waals surface area contributed by atoms with Crippen LogP contribution in [-0.2, 0) is 0 Å². The molecule has 0 aromatic carbocycles. The molecule has 0 radical (unpaired) electrons. The molecule has 0 saturated heterocycles. The van der Waals surface area contributed by atoms with E-state index in [0.29, 0.717) is 5.92 Å². The largest absolute Gasteiger partial charge is 0.393 e. The summed E-state index contributed by atoms with van der Waals surface area (Å²) in [5, 5.41) is 13.5. The Morgan fingerprint density at radius 1 is 1.50 bits per heavy atom. The molecule has 0 unspecified atom stereocenters. The zero-order valence-corrected chi connectivity index (χ0v) is 9.40. The lowest BCUT2D eigenvalue weighted by Crippen LogP contribution is -2.33. The van der Waals surface area contributed by atoms with E-state index in [2.05, 4.69) is 17.2 Å². The van der Waals surface area contributed by atoms with Gasteiger partial charge in [0.1, 0.15) is 0 Å². The predicted molar refractivity (Wildman–Crippen MR) is 58.8 cm³/mol. The first-order valence-corrected chi connectivity index (χ1v) is 5.82. The number of aromatic nitrogens is 1. The maximum Gasteiger partial charge on any atom is 0.183 e. The van der Waals surface area contributed by atoms with Crippen LogP contribution in [0.15, 0.2) is 0 Å². The molecule has 2 N–H and O–H groups in total. The molecule has 1 aliphatic carbocycles. The topological polar surface area (TPSA) is 45.2 Å². The van der Waals surface area contributed by atoms with Crippen LogP contribution < -0.4 is 5.32 Å². The van der Waals surface area contributed by atoms with Crippen molar-refractivity contribution in [3.05, 3.63) is 10.6 Å². The molecule has 1 heterocycles. The van der Waals surface area contributed by atoms with Gasteiger partial charge in [-0.05, 0) is 32.6 Å². The molecule has 0 amide bonds. The lowest BCUT2D eigenvalue weighted by Gasteiger charge is -2.31. The van der Waals surface area contributed by atoms with Crippen molar-refractivity contribution >= 4 is 16.5 Å². The Kier molecular flexibility index (Phi) is 2.74. The number of aliphatic hydroxyl groups excluding tert-OH is 1. The van der Waals surface area contributed by atoms with Gasteiger partial charge in [0.05, 0.1) is 11.8 Å². The molecule has 3 nitrogen and oxygen atoms in total. The van der Waals surface area contributed by atoms with E-state index in [4.69, 9.17) is 5.11 Å². The fourth-order valence-corrected chi connectivity index (χ4v) is 2.47. The highest BCUT2D eigenvalue weighted by Gasteiger charge is 2.26. The van der Waals surface area contributed by atoms with Gasteiger partial charge in [0.2, 0.25) is 0 Å². The summed E-state index contributed by atoms with van der Waals surface area (Å²) in [6, 6.07) is 0. The van der Waals surface area contributed by atoms with Crippen LogP contribution in [0.2, 0.25) is 0 Å². The van der Waals surface area contributed by atoms with Crippen molar-refractivity contribution < 1.29 is 5.11 Å². The highest BCUT2D eigenvalue weighted by Crippen LogP contribution is 2.28. The van der Waals surface area contributed by atoms with Crippen LogP contribution in [0.1, 0.15) is 23.4 Å². The van der Waals surface area contributed by atoms with Gasteiger partial charge in [-0.1, -0.05) is 0 Å². The van der Waals surface area contributed by atoms with Gasteiger partial charge in [0.25, 0.3) is 0 Å². The Morgan fingerprint density at radius 2 is 2.21 bits per heavy atom. The minimum atomic E-state index is -0.0541.